The maximum atomic E-state index is 14.0. The zero-order valence-electron chi connectivity index (χ0n) is 12.5. The first-order valence-corrected chi connectivity index (χ1v) is 8.50. The molecule has 0 saturated carbocycles. The number of benzene rings is 1. The van der Waals surface area contributed by atoms with Gasteiger partial charge < -0.3 is 9.47 Å². The molecule has 2 rings (SSSR count). The molecular weight excluding hydrogens is 340 g/mol. The normalized spacial score (nSPS) is 17.3. The highest BCUT2D eigenvalue weighted by Crippen LogP contribution is 2.47. The minimum absolute atomic E-state index is 0.0301. The molecule has 0 aliphatic heterocycles. The van der Waals surface area contributed by atoms with Gasteiger partial charge in [-0.15, -0.1) is 0 Å². The van der Waals surface area contributed by atoms with Gasteiger partial charge in [0, 0.05) is 25.2 Å². The number of halogens is 4. The molecule has 0 fully saturated rings. The highest BCUT2D eigenvalue weighted by molar-refractivity contribution is 7.92. The maximum Gasteiger partial charge on any atom is 0.501 e. The molecule has 23 heavy (non-hydrogen) atoms. The fraction of sp³-hybridized carbons (Fsp3) is 0.571. The van der Waals surface area contributed by atoms with Crippen LogP contribution in [0.15, 0.2) is 17.0 Å². The Hall–Kier alpha value is -1.19. The average molecular weight is 356 g/mol. The van der Waals surface area contributed by atoms with E-state index in [-0.39, 0.29) is 37.2 Å². The van der Waals surface area contributed by atoms with E-state index >= 15 is 0 Å². The summed E-state index contributed by atoms with van der Waals surface area (Å²) in [6.45, 7) is 3.33. The van der Waals surface area contributed by atoms with Crippen molar-refractivity contribution in [2.75, 3.05) is 13.2 Å². The summed E-state index contributed by atoms with van der Waals surface area (Å²) in [5.41, 5.74) is -5.98. The fourth-order valence-electron chi connectivity index (χ4n) is 2.82. The molecule has 0 radical (unpaired) electrons. The van der Waals surface area contributed by atoms with Crippen molar-refractivity contribution in [2.24, 2.45) is 0 Å². The van der Waals surface area contributed by atoms with Crippen molar-refractivity contribution in [1.29, 1.82) is 0 Å². The van der Waals surface area contributed by atoms with Crippen LogP contribution >= 0.6 is 0 Å². The van der Waals surface area contributed by atoms with Gasteiger partial charge in [0.1, 0.15) is 5.82 Å². The molecule has 0 saturated heterocycles. The molecule has 9 heteroatoms. The lowest BCUT2D eigenvalue weighted by molar-refractivity contribution is -0.242. The van der Waals surface area contributed by atoms with Crippen LogP contribution in [0.4, 0.5) is 17.6 Å². The fourth-order valence-corrected chi connectivity index (χ4v) is 3.87. The number of fused-ring (bicyclic) bond motifs is 1. The smallest absolute Gasteiger partial charge is 0.346 e. The van der Waals surface area contributed by atoms with Crippen molar-refractivity contribution < 1.29 is 35.5 Å². The Labute approximate surface area is 131 Å². The van der Waals surface area contributed by atoms with Crippen molar-refractivity contribution in [3.8, 4) is 0 Å². The Morgan fingerprint density at radius 1 is 1.17 bits per heavy atom. The predicted octanol–water partition coefficient (Wildman–Crippen LogP) is 3.29. The molecule has 1 aliphatic carbocycles. The van der Waals surface area contributed by atoms with Crippen LogP contribution in [-0.4, -0.2) is 27.1 Å². The predicted molar refractivity (Wildman–Crippen MR) is 72.9 cm³/mol. The van der Waals surface area contributed by atoms with Crippen LogP contribution in [0.2, 0.25) is 0 Å². The van der Waals surface area contributed by atoms with E-state index in [0.29, 0.717) is 6.07 Å². The summed E-state index contributed by atoms with van der Waals surface area (Å²) in [7, 11) is -5.65. The number of ether oxygens (including phenoxy) is 2. The molecule has 0 amide bonds. The van der Waals surface area contributed by atoms with Gasteiger partial charge >= 0.3 is 5.51 Å². The molecule has 1 aromatic carbocycles. The molecule has 0 aromatic heterocycles. The number of hydrogen-bond acceptors (Lipinski definition) is 4. The molecule has 0 spiro atoms. The lowest BCUT2D eigenvalue weighted by atomic mass is 10.1. The highest BCUT2D eigenvalue weighted by Gasteiger charge is 2.53. The first-order valence-electron chi connectivity index (χ1n) is 7.02. The summed E-state index contributed by atoms with van der Waals surface area (Å²) in [4.78, 5) is -1.01. The lowest BCUT2D eigenvalue weighted by Gasteiger charge is -2.31. The second-order valence-corrected chi connectivity index (χ2v) is 6.88. The average Bonchev–Trinajstić information content (AvgIpc) is 2.79. The van der Waals surface area contributed by atoms with E-state index in [1.54, 1.807) is 13.8 Å². The Morgan fingerprint density at radius 3 is 2.22 bits per heavy atom. The Kier molecular flexibility index (Phi) is 4.76. The van der Waals surface area contributed by atoms with E-state index in [1.165, 1.54) is 0 Å². The van der Waals surface area contributed by atoms with Crippen molar-refractivity contribution in [3.05, 3.63) is 29.1 Å². The van der Waals surface area contributed by atoms with E-state index in [9.17, 15) is 26.0 Å². The minimum Gasteiger partial charge on any atom is -0.346 e. The SMILES string of the molecule is CCOC1(OCC)CCc2c(F)ccc(S(=O)(=O)C(F)(F)F)c21. The Balaban J connectivity index is 2.78. The Bertz CT molecular complexity index is 691. The molecule has 0 heterocycles. The van der Waals surface area contributed by atoms with Crippen molar-refractivity contribution >= 4 is 9.84 Å². The molecule has 1 aromatic rings. The van der Waals surface area contributed by atoms with Crippen LogP contribution in [0, 0.1) is 5.82 Å². The highest BCUT2D eigenvalue weighted by atomic mass is 32.2. The largest absolute Gasteiger partial charge is 0.501 e. The standard InChI is InChI=1S/C14H16F4O4S/c1-3-21-13(22-4-2)8-7-9-10(15)5-6-11(12(9)13)23(19,20)14(16,17)18/h5-6H,3-4,7-8H2,1-2H3. The first-order chi connectivity index (χ1) is 10.6. The van der Waals surface area contributed by atoms with Crippen molar-refractivity contribution in [2.45, 2.75) is 42.9 Å². The van der Waals surface area contributed by atoms with Crippen molar-refractivity contribution in [1.82, 2.24) is 0 Å². The summed E-state index contributed by atoms with van der Waals surface area (Å²) >= 11 is 0. The van der Waals surface area contributed by atoms with E-state index in [4.69, 9.17) is 9.47 Å². The monoisotopic (exact) mass is 356 g/mol. The zero-order valence-corrected chi connectivity index (χ0v) is 13.4. The van der Waals surface area contributed by atoms with Crippen LogP contribution < -0.4 is 0 Å². The van der Waals surface area contributed by atoms with Gasteiger partial charge in [-0.05, 0) is 38.0 Å². The summed E-state index contributed by atoms with van der Waals surface area (Å²) in [5.74, 6) is -2.46. The third kappa shape index (κ3) is 2.85. The van der Waals surface area contributed by atoms with Gasteiger partial charge in [0.2, 0.25) is 0 Å². The van der Waals surface area contributed by atoms with Crippen LogP contribution in [-0.2, 0) is 31.5 Å². The van der Waals surface area contributed by atoms with Crippen LogP contribution in [0.3, 0.4) is 0 Å². The summed E-state index contributed by atoms with van der Waals surface area (Å²) in [6, 6.07) is 1.35. The first kappa shape index (κ1) is 18.2. The number of sulfone groups is 1. The van der Waals surface area contributed by atoms with E-state index < -0.39 is 31.8 Å². The molecule has 0 N–H and O–H groups in total. The second kappa shape index (κ2) is 6.03. The van der Waals surface area contributed by atoms with Gasteiger partial charge in [-0.25, -0.2) is 12.8 Å². The van der Waals surface area contributed by atoms with E-state index in [2.05, 4.69) is 0 Å². The number of rotatable bonds is 5. The quantitative estimate of drug-likeness (QED) is 0.462. The van der Waals surface area contributed by atoms with E-state index in [0.717, 1.165) is 6.07 Å². The van der Waals surface area contributed by atoms with Crippen LogP contribution in [0.25, 0.3) is 0 Å². The van der Waals surface area contributed by atoms with E-state index in [1.807, 2.05) is 0 Å². The lowest BCUT2D eigenvalue weighted by Crippen LogP contribution is -2.34. The minimum atomic E-state index is -5.65. The third-order valence-corrected chi connectivity index (χ3v) is 5.18. The van der Waals surface area contributed by atoms with Crippen LogP contribution in [0.5, 0.6) is 0 Å². The van der Waals surface area contributed by atoms with Gasteiger partial charge in [0.25, 0.3) is 9.84 Å². The molecule has 1 aliphatic rings. The Morgan fingerprint density at radius 2 is 1.74 bits per heavy atom. The molecule has 4 nitrogen and oxygen atoms in total. The van der Waals surface area contributed by atoms with Gasteiger partial charge in [0.15, 0.2) is 5.79 Å². The van der Waals surface area contributed by atoms with Gasteiger partial charge in [-0.1, -0.05) is 0 Å². The third-order valence-electron chi connectivity index (χ3n) is 3.65. The molecular formula is C14H16F4O4S. The van der Waals surface area contributed by atoms with Crippen LogP contribution in [0.1, 0.15) is 31.4 Å². The summed E-state index contributed by atoms with van der Waals surface area (Å²) < 4.78 is 87.4. The van der Waals surface area contributed by atoms with Gasteiger partial charge in [-0.3, -0.25) is 0 Å². The summed E-state index contributed by atoms with van der Waals surface area (Å²) in [5, 5.41) is 0. The number of alkyl halides is 3. The molecule has 0 atom stereocenters. The molecule has 0 bridgehead atoms. The maximum absolute atomic E-state index is 14.0. The molecule has 130 valence electrons. The zero-order chi connectivity index (χ0) is 17.5. The second-order valence-electron chi connectivity index (χ2n) is 4.97. The topological polar surface area (TPSA) is 52.6 Å². The van der Waals surface area contributed by atoms with Crippen molar-refractivity contribution in [3.63, 3.8) is 0 Å². The summed E-state index contributed by atoms with van der Waals surface area (Å²) in [6.07, 6.45) is 0.0771. The number of hydrogen-bond donors (Lipinski definition) is 0. The molecule has 0 unspecified atom stereocenters. The van der Waals surface area contributed by atoms with Gasteiger partial charge in [-0.2, -0.15) is 13.2 Å². The van der Waals surface area contributed by atoms with Gasteiger partial charge in [0.05, 0.1) is 4.90 Å².